The number of rotatable bonds is 5. The summed E-state index contributed by atoms with van der Waals surface area (Å²) in [5.41, 5.74) is 0. The molecule has 0 aliphatic carbocycles. The van der Waals surface area contributed by atoms with Gasteiger partial charge in [-0.1, -0.05) is 18.2 Å². The van der Waals surface area contributed by atoms with E-state index in [0.29, 0.717) is 37.4 Å². The second-order valence-electron chi connectivity index (χ2n) is 6.75. The molecule has 1 atom stereocenters. The minimum absolute atomic E-state index is 0.0478. The zero-order valence-electron chi connectivity index (χ0n) is 14.7. The largest absolute Gasteiger partial charge is 0.326 e. The predicted molar refractivity (Wildman–Crippen MR) is 96.6 cm³/mol. The van der Waals surface area contributed by atoms with Crippen molar-refractivity contribution in [1.82, 2.24) is 14.5 Å². The first kappa shape index (κ1) is 18.8. The Morgan fingerprint density at radius 3 is 2.50 bits per heavy atom. The average Bonchev–Trinajstić information content (AvgIpc) is 3.16. The van der Waals surface area contributed by atoms with Crippen LogP contribution in [0, 0.1) is 11.3 Å². The number of nitriles is 1. The standard InChI is InChI=1S/C18H24N4O3S/c19-13-16-5-4-10-22(16)18(23)14-20-15-8-11-21(12-9-15)26(24,25)17-6-2-1-3-7-17/h1-3,6-7,15-16,20H,4-5,8-12,14H2. The number of piperidine rings is 1. The van der Waals surface area contributed by atoms with Crippen LogP contribution >= 0.6 is 0 Å². The van der Waals surface area contributed by atoms with Crippen molar-refractivity contribution in [3.63, 3.8) is 0 Å². The molecular formula is C18H24N4O3S. The van der Waals surface area contributed by atoms with Crippen LogP contribution in [0.25, 0.3) is 0 Å². The Kier molecular flexibility index (Phi) is 5.91. The van der Waals surface area contributed by atoms with Crippen LogP contribution in [0.3, 0.4) is 0 Å². The molecule has 0 spiro atoms. The van der Waals surface area contributed by atoms with Crippen molar-refractivity contribution in [2.75, 3.05) is 26.2 Å². The van der Waals surface area contributed by atoms with Crippen molar-refractivity contribution >= 4 is 15.9 Å². The zero-order valence-corrected chi connectivity index (χ0v) is 15.5. The summed E-state index contributed by atoms with van der Waals surface area (Å²) in [5, 5.41) is 12.3. The molecule has 2 heterocycles. The molecule has 7 nitrogen and oxygen atoms in total. The molecule has 3 rings (SSSR count). The molecule has 1 aromatic carbocycles. The lowest BCUT2D eigenvalue weighted by Crippen LogP contribution is -2.48. The second-order valence-corrected chi connectivity index (χ2v) is 8.68. The third kappa shape index (κ3) is 4.06. The maximum Gasteiger partial charge on any atom is 0.243 e. The van der Waals surface area contributed by atoms with Crippen LogP contribution in [-0.2, 0) is 14.8 Å². The molecule has 2 aliphatic rings. The second kappa shape index (κ2) is 8.16. The molecule has 0 bridgehead atoms. The summed E-state index contributed by atoms with van der Waals surface area (Å²) in [7, 11) is -3.45. The van der Waals surface area contributed by atoms with Gasteiger partial charge in [0.25, 0.3) is 0 Å². The lowest BCUT2D eigenvalue weighted by Gasteiger charge is -2.32. The van der Waals surface area contributed by atoms with Gasteiger partial charge in [-0.15, -0.1) is 0 Å². The van der Waals surface area contributed by atoms with E-state index in [1.807, 2.05) is 0 Å². The van der Waals surface area contributed by atoms with Crippen LogP contribution < -0.4 is 5.32 Å². The summed E-state index contributed by atoms with van der Waals surface area (Å²) >= 11 is 0. The van der Waals surface area contributed by atoms with Crippen LogP contribution in [0.5, 0.6) is 0 Å². The van der Waals surface area contributed by atoms with Gasteiger partial charge in [0.15, 0.2) is 0 Å². The van der Waals surface area contributed by atoms with E-state index >= 15 is 0 Å². The van der Waals surface area contributed by atoms with Crippen molar-refractivity contribution in [1.29, 1.82) is 5.26 Å². The van der Waals surface area contributed by atoms with Gasteiger partial charge in [0.1, 0.15) is 6.04 Å². The summed E-state index contributed by atoms with van der Waals surface area (Å²) in [6.07, 6.45) is 2.96. The normalized spacial score (nSPS) is 22.3. The third-order valence-corrected chi connectivity index (χ3v) is 7.01. The monoisotopic (exact) mass is 376 g/mol. The molecule has 0 radical (unpaired) electrons. The van der Waals surface area contributed by atoms with Gasteiger partial charge < -0.3 is 10.2 Å². The number of sulfonamides is 1. The van der Waals surface area contributed by atoms with Gasteiger partial charge in [-0.2, -0.15) is 9.57 Å². The number of nitrogens with zero attached hydrogens (tertiary/aromatic N) is 3. The van der Waals surface area contributed by atoms with Gasteiger partial charge in [0.05, 0.1) is 17.5 Å². The summed E-state index contributed by atoms with van der Waals surface area (Å²) in [4.78, 5) is 14.2. The van der Waals surface area contributed by atoms with Crippen LogP contribution in [0.2, 0.25) is 0 Å². The number of nitrogens with one attached hydrogen (secondary N) is 1. The van der Waals surface area contributed by atoms with E-state index in [9.17, 15) is 13.2 Å². The number of hydrogen-bond acceptors (Lipinski definition) is 5. The van der Waals surface area contributed by atoms with E-state index < -0.39 is 10.0 Å². The van der Waals surface area contributed by atoms with Gasteiger partial charge in [0.2, 0.25) is 15.9 Å². The minimum Gasteiger partial charge on any atom is -0.326 e. The van der Waals surface area contributed by atoms with Gasteiger partial charge in [0, 0.05) is 25.7 Å². The maximum atomic E-state index is 12.6. The first-order valence-electron chi connectivity index (χ1n) is 9.00. The first-order valence-corrected chi connectivity index (χ1v) is 10.4. The van der Waals surface area contributed by atoms with Gasteiger partial charge >= 0.3 is 0 Å². The van der Waals surface area contributed by atoms with Gasteiger partial charge in [-0.25, -0.2) is 8.42 Å². The van der Waals surface area contributed by atoms with Crippen LogP contribution in [0.1, 0.15) is 25.7 Å². The molecule has 1 aromatic rings. The molecule has 0 aromatic heterocycles. The van der Waals surface area contributed by atoms with Crippen LogP contribution in [-0.4, -0.2) is 61.8 Å². The highest BCUT2D eigenvalue weighted by Gasteiger charge is 2.31. The highest BCUT2D eigenvalue weighted by atomic mass is 32.2. The van der Waals surface area contributed by atoms with Crippen LogP contribution in [0.4, 0.5) is 0 Å². The molecule has 2 fully saturated rings. The molecule has 1 unspecified atom stereocenters. The smallest absolute Gasteiger partial charge is 0.243 e. The topological polar surface area (TPSA) is 93.5 Å². The fourth-order valence-corrected chi connectivity index (χ4v) is 5.07. The summed E-state index contributed by atoms with van der Waals surface area (Å²) in [6, 6.07) is 10.4. The minimum atomic E-state index is -3.45. The van der Waals surface area contributed by atoms with E-state index in [2.05, 4.69) is 11.4 Å². The fraction of sp³-hybridized carbons (Fsp3) is 0.556. The first-order chi connectivity index (χ1) is 12.5. The average molecular weight is 376 g/mol. The Morgan fingerprint density at radius 2 is 1.85 bits per heavy atom. The molecular weight excluding hydrogens is 352 g/mol. The van der Waals surface area contributed by atoms with E-state index in [1.54, 1.807) is 35.2 Å². The quantitative estimate of drug-likeness (QED) is 0.826. The molecule has 1 amide bonds. The number of benzene rings is 1. The zero-order chi connectivity index (χ0) is 18.6. The Morgan fingerprint density at radius 1 is 1.15 bits per heavy atom. The fourth-order valence-electron chi connectivity index (χ4n) is 3.57. The third-order valence-electron chi connectivity index (χ3n) is 5.10. The van der Waals surface area contributed by atoms with E-state index in [-0.39, 0.29) is 24.5 Å². The molecule has 0 saturated carbocycles. The lowest BCUT2D eigenvalue weighted by molar-refractivity contribution is -0.130. The lowest BCUT2D eigenvalue weighted by atomic mass is 10.1. The summed E-state index contributed by atoms with van der Waals surface area (Å²) in [6.45, 7) is 1.72. The van der Waals surface area contributed by atoms with Crippen molar-refractivity contribution in [2.45, 2.75) is 42.7 Å². The van der Waals surface area contributed by atoms with Crippen molar-refractivity contribution in [3.05, 3.63) is 30.3 Å². The molecule has 1 N–H and O–H groups in total. The number of carbonyl (C=O) groups excluding carboxylic acids is 1. The van der Waals surface area contributed by atoms with Crippen molar-refractivity contribution in [2.24, 2.45) is 0 Å². The molecule has 26 heavy (non-hydrogen) atoms. The number of likely N-dealkylation sites (tertiary alicyclic amines) is 1. The van der Waals surface area contributed by atoms with E-state index in [4.69, 9.17) is 5.26 Å². The van der Waals surface area contributed by atoms with Gasteiger partial charge in [-0.3, -0.25) is 4.79 Å². The predicted octanol–water partition coefficient (Wildman–Crippen LogP) is 0.944. The Labute approximate surface area is 154 Å². The Balaban J connectivity index is 1.48. The Bertz CT molecular complexity index is 767. The van der Waals surface area contributed by atoms with Gasteiger partial charge in [-0.05, 0) is 37.8 Å². The van der Waals surface area contributed by atoms with Crippen molar-refractivity contribution in [3.8, 4) is 6.07 Å². The summed E-state index contributed by atoms with van der Waals surface area (Å²) in [5.74, 6) is -0.0478. The maximum absolute atomic E-state index is 12.6. The van der Waals surface area contributed by atoms with Crippen molar-refractivity contribution < 1.29 is 13.2 Å². The SMILES string of the molecule is N#CC1CCCN1C(=O)CNC1CCN(S(=O)(=O)c2ccccc2)CC1. The van der Waals surface area contributed by atoms with E-state index in [0.717, 1.165) is 12.8 Å². The molecule has 2 aliphatic heterocycles. The molecule has 140 valence electrons. The van der Waals surface area contributed by atoms with Crippen LogP contribution in [0.15, 0.2) is 35.2 Å². The molecule has 2 saturated heterocycles. The summed E-state index contributed by atoms with van der Waals surface area (Å²) < 4.78 is 26.7. The van der Waals surface area contributed by atoms with E-state index in [1.165, 1.54) is 4.31 Å². The highest BCUT2D eigenvalue weighted by Crippen LogP contribution is 2.21. The highest BCUT2D eigenvalue weighted by molar-refractivity contribution is 7.89. The molecule has 8 heteroatoms. The number of carbonyl (C=O) groups is 1. The Hall–Kier alpha value is -1.95. The number of amides is 1. The number of hydrogen-bond donors (Lipinski definition) is 1.